The number of rotatable bonds is 5. The molecule has 3 rings (SSSR count). The van der Waals surface area contributed by atoms with Crippen molar-refractivity contribution in [3.05, 3.63) is 51.7 Å². The number of halogens is 1. The SMILES string of the molecule is O=[S@](Cc1ccc(F)cc1)Cc1csc(C2CCCC2)n1. The van der Waals surface area contributed by atoms with Gasteiger partial charge in [0.1, 0.15) is 5.82 Å². The molecule has 0 radical (unpaired) electrons. The maximum atomic E-state index is 12.8. The zero-order valence-electron chi connectivity index (χ0n) is 11.8. The summed E-state index contributed by atoms with van der Waals surface area (Å²) in [4.78, 5) is 4.65. The third-order valence-corrected chi connectivity index (χ3v) is 6.15. The first kappa shape index (κ1) is 14.9. The Morgan fingerprint density at radius 1 is 1.19 bits per heavy atom. The molecule has 5 heteroatoms. The van der Waals surface area contributed by atoms with Gasteiger partial charge in [-0.2, -0.15) is 0 Å². The van der Waals surface area contributed by atoms with Crippen LogP contribution in [0.25, 0.3) is 0 Å². The Hall–Kier alpha value is -1.07. The van der Waals surface area contributed by atoms with E-state index in [9.17, 15) is 8.60 Å². The third kappa shape index (κ3) is 3.98. The summed E-state index contributed by atoms with van der Waals surface area (Å²) in [5.74, 6) is 1.30. The number of hydrogen-bond acceptors (Lipinski definition) is 3. The fourth-order valence-electron chi connectivity index (χ4n) is 2.73. The highest BCUT2D eigenvalue weighted by Gasteiger charge is 2.20. The van der Waals surface area contributed by atoms with Gasteiger partial charge >= 0.3 is 0 Å². The Balaban J connectivity index is 1.58. The van der Waals surface area contributed by atoms with E-state index in [4.69, 9.17) is 0 Å². The van der Waals surface area contributed by atoms with Crippen LogP contribution in [0.15, 0.2) is 29.6 Å². The molecule has 0 spiro atoms. The molecule has 1 aliphatic rings. The van der Waals surface area contributed by atoms with Crippen LogP contribution in [0.4, 0.5) is 4.39 Å². The summed E-state index contributed by atoms with van der Waals surface area (Å²) in [6.07, 6.45) is 5.09. The summed E-state index contributed by atoms with van der Waals surface area (Å²) in [5, 5.41) is 3.25. The minimum Gasteiger partial charge on any atom is -0.259 e. The van der Waals surface area contributed by atoms with Crippen molar-refractivity contribution in [1.29, 1.82) is 0 Å². The van der Waals surface area contributed by atoms with Crippen molar-refractivity contribution in [2.45, 2.75) is 43.1 Å². The van der Waals surface area contributed by atoms with E-state index in [1.807, 2.05) is 5.38 Å². The molecule has 2 aromatic rings. The van der Waals surface area contributed by atoms with E-state index >= 15 is 0 Å². The Kier molecular flexibility index (Phi) is 4.80. The van der Waals surface area contributed by atoms with Crippen molar-refractivity contribution in [3.63, 3.8) is 0 Å². The van der Waals surface area contributed by atoms with Gasteiger partial charge in [0.2, 0.25) is 0 Å². The molecule has 0 unspecified atom stereocenters. The highest BCUT2D eigenvalue weighted by molar-refractivity contribution is 7.83. The molecular formula is C16H18FNOS2. The smallest absolute Gasteiger partial charge is 0.123 e. The number of nitrogens with zero attached hydrogens (tertiary/aromatic N) is 1. The Bertz CT molecular complexity index is 617. The molecule has 0 aliphatic heterocycles. The summed E-state index contributed by atoms with van der Waals surface area (Å²) in [6.45, 7) is 0. The number of hydrogen-bond donors (Lipinski definition) is 0. The van der Waals surface area contributed by atoms with Gasteiger partial charge in [0.15, 0.2) is 0 Å². The average Bonchev–Trinajstić information content (AvgIpc) is 3.12. The summed E-state index contributed by atoms with van der Waals surface area (Å²) >= 11 is 1.70. The topological polar surface area (TPSA) is 30.0 Å². The molecule has 2 nitrogen and oxygen atoms in total. The van der Waals surface area contributed by atoms with Gasteiger partial charge in [0.05, 0.1) is 16.5 Å². The lowest BCUT2D eigenvalue weighted by molar-refractivity contribution is 0.627. The lowest BCUT2D eigenvalue weighted by Gasteiger charge is -2.03. The van der Waals surface area contributed by atoms with Crippen LogP contribution in [-0.4, -0.2) is 9.19 Å². The van der Waals surface area contributed by atoms with E-state index < -0.39 is 10.8 Å². The van der Waals surface area contributed by atoms with E-state index in [1.54, 1.807) is 23.5 Å². The largest absolute Gasteiger partial charge is 0.259 e. The summed E-state index contributed by atoms with van der Waals surface area (Å²) in [5.41, 5.74) is 1.84. The van der Waals surface area contributed by atoms with Gasteiger partial charge < -0.3 is 0 Å². The summed E-state index contributed by atoms with van der Waals surface area (Å²) in [7, 11) is -0.995. The number of benzene rings is 1. The molecule has 1 saturated carbocycles. The molecule has 21 heavy (non-hydrogen) atoms. The van der Waals surface area contributed by atoms with E-state index in [0.717, 1.165) is 11.3 Å². The second-order valence-electron chi connectivity index (χ2n) is 5.51. The second kappa shape index (κ2) is 6.79. The van der Waals surface area contributed by atoms with Crippen molar-refractivity contribution in [2.24, 2.45) is 0 Å². The molecule has 1 aromatic heterocycles. The van der Waals surface area contributed by atoms with Gasteiger partial charge in [-0.25, -0.2) is 9.37 Å². The zero-order chi connectivity index (χ0) is 14.7. The highest BCUT2D eigenvalue weighted by Crippen LogP contribution is 2.35. The molecule has 1 atom stereocenters. The molecule has 0 bridgehead atoms. The minimum absolute atomic E-state index is 0.259. The molecule has 1 fully saturated rings. The van der Waals surface area contributed by atoms with Gasteiger partial charge in [0, 0.05) is 27.9 Å². The van der Waals surface area contributed by atoms with Crippen molar-refractivity contribution in [2.75, 3.05) is 0 Å². The first-order valence-electron chi connectivity index (χ1n) is 7.24. The van der Waals surface area contributed by atoms with Crippen molar-refractivity contribution in [1.82, 2.24) is 4.98 Å². The van der Waals surface area contributed by atoms with Crippen LogP contribution in [0.5, 0.6) is 0 Å². The quantitative estimate of drug-likeness (QED) is 0.817. The minimum atomic E-state index is -0.995. The second-order valence-corrected chi connectivity index (χ2v) is 7.86. The van der Waals surface area contributed by atoms with Crippen LogP contribution in [0, 0.1) is 5.82 Å². The average molecular weight is 323 g/mol. The number of thiazole rings is 1. The predicted molar refractivity (Wildman–Crippen MR) is 85.3 cm³/mol. The maximum absolute atomic E-state index is 12.8. The van der Waals surface area contributed by atoms with Gasteiger partial charge in [-0.15, -0.1) is 11.3 Å². The van der Waals surface area contributed by atoms with E-state index in [2.05, 4.69) is 4.98 Å². The molecule has 0 amide bonds. The van der Waals surface area contributed by atoms with Crippen LogP contribution >= 0.6 is 11.3 Å². The van der Waals surface area contributed by atoms with Gasteiger partial charge in [-0.05, 0) is 30.5 Å². The lowest BCUT2D eigenvalue weighted by atomic mass is 10.1. The molecular weight excluding hydrogens is 305 g/mol. The maximum Gasteiger partial charge on any atom is 0.123 e. The first-order valence-corrected chi connectivity index (χ1v) is 9.61. The molecule has 1 aromatic carbocycles. The van der Waals surface area contributed by atoms with Crippen molar-refractivity contribution >= 4 is 22.1 Å². The Morgan fingerprint density at radius 3 is 2.62 bits per heavy atom. The molecule has 112 valence electrons. The normalized spacial score (nSPS) is 17.2. The van der Waals surface area contributed by atoms with Crippen LogP contribution in [0.3, 0.4) is 0 Å². The van der Waals surface area contributed by atoms with Crippen LogP contribution < -0.4 is 0 Å². The van der Waals surface area contributed by atoms with Gasteiger partial charge in [0.25, 0.3) is 0 Å². The monoisotopic (exact) mass is 323 g/mol. The molecule has 1 heterocycles. The van der Waals surface area contributed by atoms with Crippen LogP contribution in [0.2, 0.25) is 0 Å². The molecule has 0 saturated heterocycles. The summed E-state index contributed by atoms with van der Waals surface area (Å²) in [6, 6.07) is 6.21. The lowest BCUT2D eigenvalue weighted by Crippen LogP contribution is -2.00. The Labute approximate surface area is 130 Å². The summed E-state index contributed by atoms with van der Waals surface area (Å²) < 4.78 is 25.0. The van der Waals surface area contributed by atoms with Crippen LogP contribution in [0.1, 0.15) is 47.9 Å². The zero-order valence-corrected chi connectivity index (χ0v) is 13.4. The van der Waals surface area contributed by atoms with Gasteiger partial charge in [-0.3, -0.25) is 4.21 Å². The highest BCUT2D eigenvalue weighted by atomic mass is 32.2. The van der Waals surface area contributed by atoms with Crippen molar-refractivity contribution in [3.8, 4) is 0 Å². The standard InChI is InChI=1S/C16H18FNOS2/c17-14-7-5-12(6-8-14)10-21(19)11-15-9-20-16(18-15)13-3-1-2-4-13/h5-9,13H,1-4,10-11H2/t21-/m1/s1. The fraction of sp³-hybridized carbons (Fsp3) is 0.438. The molecule has 1 aliphatic carbocycles. The third-order valence-electron chi connectivity index (χ3n) is 3.82. The van der Waals surface area contributed by atoms with E-state index in [-0.39, 0.29) is 5.82 Å². The first-order chi connectivity index (χ1) is 10.2. The molecule has 0 N–H and O–H groups in total. The predicted octanol–water partition coefficient (Wildman–Crippen LogP) is 4.39. The fourth-order valence-corrected chi connectivity index (χ4v) is 4.97. The van der Waals surface area contributed by atoms with E-state index in [1.165, 1.54) is 42.8 Å². The Morgan fingerprint density at radius 2 is 1.90 bits per heavy atom. The van der Waals surface area contributed by atoms with Gasteiger partial charge in [-0.1, -0.05) is 25.0 Å². The van der Waals surface area contributed by atoms with Crippen molar-refractivity contribution < 1.29 is 8.60 Å². The van der Waals surface area contributed by atoms with Crippen LogP contribution in [-0.2, 0) is 22.3 Å². The van der Waals surface area contributed by atoms with E-state index in [0.29, 0.717) is 17.4 Å². The number of aromatic nitrogens is 1.